The number of ether oxygens (including phenoxy) is 1. The van der Waals surface area contributed by atoms with Crippen LogP contribution in [0.15, 0.2) is 36.4 Å². The van der Waals surface area contributed by atoms with Crippen LogP contribution in [0, 0.1) is 18.6 Å². The summed E-state index contributed by atoms with van der Waals surface area (Å²) in [7, 11) is 0. The minimum Gasteiger partial charge on any atom is -0.505 e. The number of nitrogens with zero attached hydrogens (tertiary/aromatic N) is 1. The Balaban J connectivity index is 2.18. The number of halogens is 2. The zero-order chi connectivity index (χ0) is 22.0. The van der Waals surface area contributed by atoms with Crippen molar-refractivity contribution in [1.29, 1.82) is 0 Å². The second-order valence-electron chi connectivity index (χ2n) is 7.19. The molecule has 3 rings (SSSR count). The summed E-state index contributed by atoms with van der Waals surface area (Å²) in [5.74, 6) is -4.09. The molecule has 1 heterocycles. The van der Waals surface area contributed by atoms with Crippen LogP contribution in [0.5, 0.6) is 5.75 Å². The number of hydrogen-bond donors (Lipinski definition) is 1. The van der Waals surface area contributed by atoms with E-state index in [0.717, 1.165) is 18.6 Å². The first-order chi connectivity index (χ1) is 14.3. The van der Waals surface area contributed by atoms with Gasteiger partial charge < -0.3 is 9.84 Å². The number of aromatic hydroxyl groups is 1. The maximum absolute atomic E-state index is 14.9. The van der Waals surface area contributed by atoms with Gasteiger partial charge in [0, 0.05) is 16.6 Å². The van der Waals surface area contributed by atoms with E-state index in [1.54, 1.807) is 13.8 Å². The van der Waals surface area contributed by atoms with Crippen molar-refractivity contribution >= 4 is 22.8 Å². The fourth-order valence-electron chi connectivity index (χ4n) is 3.58. The lowest BCUT2D eigenvalue weighted by Gasteiger charge is -2.13. The van der Waals surface area contributed by atoms with E-state index in [1.165, 1.54) is 28.8 Å². The number of benzene rings is 2. The number of hydrogen-bond acceptors (Lipinski definition) is 4. The summed E-state index contributed by atoms with van der Waals surface area (Å²) in [6.07, 6.45) is 1.55. The highest BCUT2D eigenvalue weighted by Gasteiger charge is 2.30. The van der Waals surface area contributed by atoms with Gasteiger partial charge in [-0.05, 0) is 56.2 Å². The van der Waals surface area contributed by atoms with Crippen molar-refractivity contribution in [1.82, 2.24) is 4.57 Å². The van der Waals surface area contributed by atoms with Gasteiger partial charge in [-0.2, -0.15) is 0 Å². The number of carbonyl (C=O) groups excluding carboxylic acids is 2. The van der Waals surface area contributed by atoms with Crippen LogP contribution in [-0.4, -0.2) is 28.2 Å². The monoisotopic (exact) mass is 415 g/mol. The number of phenols is 1. The Hall–Kier alpha value is -3.22. The molecule has 158 valence electrons. The average molecular weight is 415 g/mol. The van der Waals surface area contributed by atoms with Gasteiger partial charge in [0.1, 0.15) is 5.82 Å². The fourth-order valence-corrected chi connectivity index (χ4v) is 3.58. The molecule has 0 aliphatic heterocycles. The van der Waals surface area contributed by atoms with Crippen molar-refractivity contribution in [3.8, 4) is 5.75 Å². The van der Waals surface area contributed by atoms with Gasteiger partial charge in [0.2, 0.25) is 0 Å². The SMILES string of the molecule is CCCCOC(=O)[C@@H](C)c1c(C)n(C(=O)c2cccc(F)c2)c2ccc(O)c(F)c12. The highest BCUT2D eigenvalue weighted by Crippen LogP contribution is 2.37. The molecule has 0 fully saturated rings. The molecule has 0 aliphatic rings. The fraction of sp³-hybridized carbons (Fsp3) is 0.304. The first-order valence-electron chi connectivity index (χ1n) is 9.77. The van der Waals surface area contributed by atoms with Crippen LogP contribution < -0.4 is 0 Å². The molecule has 0 aliphatic carbocycles. The van der Waals surface area contributed by atoms with Gasteiger partial charge in [0.05, 0.1) is 18.0 Å². The second kappa shape index (κ2) is 8.65. The third-order valence-corrected chi connectivity index (χ3v) is 5.14. The van der Waals surface area contributed by atoms with E-state index in [0.29, 0.717) is 12.1 Å². The van der Waals surface area contributed by atoms with Crippen LogP contribution in [-0.2, 0) is 9.53 Å². The molecule has 0 saturated heterocycles. The highest BCUT2D eigenvalue weighted by atomic mass is 19.1. The summed E-state index contributed by atoms with van der Waals surface area (Å²) in [4.78, 5) is 25.7. The van der Waals surface area contributed by atoms with E-state index >= 15 is 0 Å². The lowest BCUT2D eigenvalue weighted by atomic mass is 9.97. The third-order valence-electron chi connectivity index (χ3n) is 5.14. The smallest absolute Gasteiger partial charge is 0.313 e. The quantitative estimate of drug-likeness (QED) is 0.451. The van der Waals surface area contributed by atoms with Crippen molar-refractivity contribution < 1.29 is 28.2 Å². The normalized spacial score (nSPS) is 12.2. The predicted octanol–water partition coefficient (Wildman–Crippen LogP) is 5.07. The standard InChI is InChI=1S/C23H23F2NO4/c1-4-5-11-30-23(29)13(2)19-14(3)26(17-9-10-18(27)21(25)20(17)19)22(28)15-7-6-8-16(24)12-15/h6-10,12-13,27H,4-5,11H2,1-3H3/t13-/m0/s1. The van der Waals surface area contributed by atoms with Crippen LogP contribution in [0.25, 0.3) is 10.9 Å². The zero-order valence-corrected chi connectivity index (χ0v) is 17.0. The van der Waals surface area contributed by atoms with E-state index in [9.17, 15) is 23.5 Å². The Bertz CT molecular complexity index is 1120. The van der Waals surface area contributed by atoms with Gasteiger partial charge in [0.15, 0.2) is 11.6 Å². The van der Waals surface area contributed by atoms with Crippen LogP contribution in [0.3, 0.4) is 0 Å². The van der Waals surface area contributed by atoms with Crippen molar-refractivity contribution in [2.24, 2.45) is 0 Å². The summed E-state index contributed by atoms with van der Waals surface area (Å²) >= 11 is 0. The molecular formula is C23H23F2NO4. The van der Waals surface area contributed by atoms with Crippen LogP contribution >= 0.6 is 0 Å². The summed E-state index contributed by atoms with van der Waals surface area (Å²) in [5, 5.41) is 9.86. The molecule has 1 atom stereocenters. The summed E-state index contributed by atoms with van der Waals surface area (Å²) in [5.41, 5.74) is 0.835. The number of unbranched alkanes of at least 4 members (excludes halogenated alkanes) is 1. The van der Waals surface area contributed by atoms with Gasteiger partial charge in [-0.25, -0.2) is 8.78 Å². The molecule has 0 radical (unpaired) electrons. The first-order valence-corrected chi connectivity index (χ1v) is 9.77. The van der Waals surface area contributed by atoms with Crippen molar-refractivity contribution in [3.63, 3.8) is 0 Å². The van der Waals surface area contributed by atoms with Crippen molar-refractivity contribution in [3.05, 3.63) is 64.9 Å². The Morgan fingerprint density at radius 2 is 1.93 bits per heavy atom. The average Bonchev–Trinajstić information content (AvgIpc) is 3.02. The minimum absolute atomic E-state index is 0.0304. The molecule has 1 aromatic heterocycles. The molecular weight excluding hydrogens is 392 g/mol. The molecule has 0 saturated carbocycles. The molecule has 1 N–H and O–H groups in total. The van der Waals surface area contributed by atoms with E-state index in [1.807, 2.05) is 6.92 Å². The maximum Gasteiger partial charge on any atom is 0.313 e. The van der Waals surface area contributed by atoms with E-state index in [-0.39, 0.29) is 28.6 Å². The molecule has 30 heavy (non-hydrogen) atoms. The number of phenolic OH excluding ortho intramolecular Hbond substituents is 1. The van der Waals surface area contributed by atoms with Crippen LogP contribution in [0.2, 0.25) is 0 Å². The zero-order valence-electron chi connectivity index (χ0n) is 17.0. The van der Waals surface area contributed by atoms with E-state index in [2.05, 4.69) is 0 Å². The lowest BCUT2D eigenvalue weighted by Crippen LogP contribution is -2.17. The Morgan fingerprint density at radius 1 is 1.20 bits per heavy atom. The van der Waals surface area contributed by atoms with Crippen molar-refractivity contribution in [2.45, 2.75) is 39.5 Å². The molecule has 2 aromatic carbocycles. The number of aromatic nitrogens is 1. The van der Waals surface area contributed by atoms with E-state index < -0.39 is 35.2 Å². The third kappa shape index (κ3) is 3.79. The first kappa shape index (κ1) is 21.5. The largest absolute Gasteiger partial charge is 0.505 e. The molecule has 7 heteroatoms. The van der Waals surface area contributed by atoms with Crippen molar-refractivity contribution in [2.75, 3.05) is 6.61 Å². The van der Waals surface area contributed by atoms with Crippen LogP contribution in [0.1, 0.15) is 54.2 Å². The van der Waals surface area contributed by atoms with Gasteiger partial charge in [-0.1, -0.05) is 19.4 Å². The highest BCUT2D eigenvalue weighted by molar-refractivity contribution is 6.05. The second-order valence-corrected chi connectivity index (χ2v) is 7.19. The van der Waals surface area contributed by atoms with Crippen LogP contribution in [0.4, 0.5) is 8.78 Å². The number of rotatable bonds is 6. The molecule has 0 unspecified atom stereocenters. The molecule has 0 amide bonds. The minimum atomic E-state index is -0.926. The summed E-state index contributed by atoms with van der Waals surface area (Å²) < 4.78 is 35.1. The van der Waals surface area contributed by atoms with Gasteiger partial charge in [-0.3, -0.25) is 14.2 Å². The Morgan fingerprint density at radius 3 is 2.60 bits per heavy atom. The van der Waals surface area contributed by atoms with Gasteiger partial charge in [-0.15, -0.1) is 0 Å². The van der Waals surface area contributed by atoms with Gasteiger partial charge >= 0.3 is 5.97 Å². The molecule has 0 spiro atoms. The summed E-state index contributed by atoms with van der Waals surface area (Å²) in [6.45, 7) is 5.36. The Kier molecular flexibility index (Phi) is 6.20. The number of fused-ring (bicyclic) bond motifs is 1. The molecule has 5 nitrogen and oxygen atoms in total. The van der Waals surface area contributed by atoms with E-state index in [4.69, 9.17) is 4.74 Å². The lowest BCUT2D eigenvalue weighted by molar-refractivity contribution is -0.145. The Labute approximate surface area is 172 Å². The topological polar surface area (TPSA) is 68.5 Å². The molecule has 3 aromatic rings. The molecule has 0 bridgehead atoms. The van der Waals surface area contributed by atoms with Gasteiger partial charge in [0.25, 0.3) is 5.91 Å². The summed E-state index contributed by atoms with van der Waals surface area (Å²) in [6, 6.07) is 7.71. The number of esters is 1. The maximum atomic E-state index is 14.9. The predicted molar refractivity (Wildman–Crippen MR) is 109 cm³/mol. The number of carbonyl (C=O) groups is 2.